The Bertz CT molecular complexity index is 804. The zero-order chi connectivity index (χ0) is 16.1. The summed E-state index contributed by atoms with van der Waals surface area (Å²) in [6.07, 6.45) is 1.52. The number of hydrogen-bond donors (Lipinski definition) is 2. The summed E-state index contributed by atoms with van der Waals surface area (Å²) >= 11 is 0. The van der Waals surface area contributed by atoms with Crippen LogP contribution in [0.25, 0.3) is 0 Å². The number of nitrogens with zero attached hydrogens (tertiary/aromatic N) is 2. The van der Waals surface area contributed by atoms with E-state index in [1.165, 1.54) is 11.9 Å². The second-order valence-corrected chi connectivity index (χ2v) is 5.11. The predicted molar refractivity (Wildman–Crippen MR) is 92.8 cm³/mol. The molecule has 0 aliphatic carbocycles. The second-order valence-electron chi connectivity index (χ2n) is 5.11. The van der Waals surface area contributed by atoms with E-state index in [1.807, 2.05) is 42.5 Å². The number of nitrogens with one attached hydrogen (secondary N) is 2. The van der Waals surface area contributed by atoms with Crippen molar-refractivity contribution in [2.24, 2.45) is 0 Å². The zero-order valence-electron chi connectivity index (χ0n) is 13.1. The van der Waals surface area contributed by atoms with E-state index in [2.05, 4.69) is 39.7 Å². The number of hydrogen-bond acceptors (Lipinski definition) is 5. The van der Waals surface area contributed by atoms with Gasteiger partial charge in [0, 0.05) is 11.8 Å². The van der Waals surface area contributed by atoms with Crippen LogP contribution in [0.1, 0.15) is 5.56 Å². The molecule has 0 radical (unpaired) electrons. The molecule has 0 bridgehead atoms. The van der Waals surface area contributed by atoms with E-state index in [4.69, 9.17) is 4.74 Å². The average molecular weight is 306 g/mol. The van der Waals surface area contributed by atoms with Crippen molar-refractivity contribution in [3.63, 3.8) is 0 Å². The van der Waals surface area contributed by atoms with Crippen molar-refractivity contribution in [2.75, 3.05) is 17.7 Å². The third-order valence-electron chi connectivity index (χ3n) is 3.33. The lowest BCUT2D eigenvalue weighted by molar-refractivity contribution is 0.417. The molecule has 5 heteroatoms. The van der Waals surface area contributed by atoms with Gasteiger partial charge < -0.3 is 15.4 Å². The molecule has 1 heterocycles. The molecule has 2 N–H and O–H groups in total. The lowest BCUT2D eigenvalue weighted by Crippen LogP contribution is -1.99. The first kappa shape index (κ1) is 14.8. The van der Waals surface area contributed by atoms with Crippen molar-refractivity contribution in [3.8, 4) is 5.75 Å². The highest BCUT2D eigenvalue weighted by atomic mass is 16.5. The number of aryl methyl sites for hydroxylation is 1. The van der Waals surface area contributed by atoms with E-state index < -0.39 is 0 Å². The van der Waals surface area contributed by atoms with Crippen LogP contribution in [0.3, 0.4) is 0 Å². The van der Waals surface area contributed by atoms with Crippen molar-refractivity contribution in [2.45, 2.75) is 6.92 Å². The molecule has 0 amide bonds. The summed E-state index contributed by atoms with van der Waals surface area (Å²) < 4.78 is 5.34. The largest absolute Gasteiger partial charge is 0.495 e. The number of ether oxygens (including phenoxy) is 1. The molecule has 5 nitrogen and oxygen atoms in total. The van der Waals surface area contributed by atoms with Gasteiger partial charge in [0.15, 0.2) is 0 Å². The van der Waals surface area contributed by atoms with Gasteiger partial charge in [-0.2, -0.15) is 0 Å². The van der Waals surface area contributed by atoms with Crippen LogP contribution in [0.5, 0.6) is 5.75 Å². The Kier molecular flexibility index (Phi) is 4.38. The molecule has 116 valence electrons. The smallest absolute Gasteiger partial charge is 0.142 e. The number of rotatable bonds is 5. The summed E-state index contributed by atoms with van der Waals surface area (Å²) in [7, 11) is 1.64. The van der Waals surface area contributed by atoms with Gasteiger partial charge in [-0.1, -0.05) is 24.3 Å². The fraction of sp³-hybridized carbons (Fsp3) is 0.111. The monoisotopic (exact) mass is 306 g/mol. The maximum atomic E-state index is 5.34. The number of aromatic nitrogens is 2. The summed E-state index contributed by atoms with van der Waals surface area (Å²) in [6.45, 7) is 2.06. The minimum absolute atomic E-state index is 0.694. The summed E-state index contributed by atoms with van der Waals surface area (Å²) in [5.74, 6) is 2.18. The van der Waals surface area contributed by atoms with Gasteiger partial charge in [0.2, 0.25) is 0 Å². The topological polar surface area (TPSA) is 59.1 Å². The van der Waals surface area contributed by atoms with Gasteiger partial charge in [-0.05, 0) is 36.8 Å². The van der Waals surface area contributed by atoms with Crippen LogP contribution in [0.15, 0.2) is 60.9 Å². The standard InChI is InChI=1S/C18H18N4O/c1-13-6-5-7-14(10-13)21-17-11-18(20-12-19-17)22-15-8-3-4-9-16(15)23-2/h3-12H,1-2H3,(H2,19,20,21,22). The molecule has 3 rings (SSSR count). The number of para-hydroxylation sites is 2. The number of benzene rings is 2. The SMILES string of the molecule is COc1ccccc1Nc1cc(Nc2cccc(C)c2)ncn1. The van der Waals surface area contributed by atoms with Crippen LogP contribution in [-0.2, 0) is 0 Å². The Morgan fingerprint density at radius 2 is 1.65 bits per heavy atom. The van der Waals surface area contributed by atoms with E-state index in [9.17, 15) is 0 Å². The van der Waals surface area contributed by atoms with Crippen LogP contribution < -0.4 is 15.4 Å². The Balaban J connectivity index is 1.80. The van der Waals surface area contributed by atoms with E-state index in [0.717, 1.165) is 22.9 Å². The first-order valence-electron chi connectivity index (χ1n) is 7.30. The van der Waals surface area contributed by atoms with Crippen LogP contribution in [-0.4, -0.2) is 17.1 Å². The Morgan fingerprint density at radius 1 is 0.870 bits per heavy atom. The van der Waals surface area contributed by atoms with Gasteiger partial charge in [0.05, 0.1) is 12.8 Å². The molecule has 0 saturated heterocycles. The molecule has 0 aliphatic rings. The first-order valence-corrected chi connectivity index (χ1v) is 7.30. The van der Waals surface area contributed by atoms with E-state index in [-0.39, 0.29) is 0 Å². The van der Waals surface area contributed by atoms with Gasteiger partial charge in [-0.25, -0.2) is 9.97 Å². The molecule has 1 aromatic heterocycles. The molecule has 0 unspecified atom stereocenters. The van der Waals surface area contributed by atoms with Crippen LogP contribution >= 0.6 is 0 Å². The average Bonchev–Trinajstić information content (AvgIpc) is 2.56. The fourth-order valence-corrected chi connectivity index (χ4v) is 2.25. The van der Waals surface area contributed by atoms with Crippen molar-refractivity contribution >= 4 is 23.0 Å². The van der Waals surface area contributed by atoms with Gasteiger partial charge in [0.1, 0.15) is 23.7 Å². The minimum atomic E-state index is 0.694. The zero-order valence-corrected chi connectivity index (χ0v) is 13.1. The summed E-state index contributed by atoms with van der Waals surface area (Å²) in [4.78, 5) is 8.51. The lowest BCUT2D eigenvalue weighted by atomic mass is 10.2. The van der Waals surface area contributed by atoms with E-state index in [0.29, 0.717) is 5.82 Å². The van der Waals surface area contributed by atoms with Crippen molar-refractivity contribution in [3.05, 3.63) is 66.5 Å². The van der Waals surface area contributed by atoms with E-state index in [1.54, 1.807) is 7.11 Å². The second kappa shape index (κ2) is 6.79. The summed E-state index contributed by atoms with van der Waals surface area (Å²) in [6, 6.07) is 17.7. The molecule has 23 heavy (non-hydrogen) atoms. The minimum Gasteiger partial charge on any atom is -0.495 e. The Labute approximate surface area is 135 Å². The fourth-order valence-electron chi connectivity index (χ4n) is 2.25. The summed E-state index contributed by atoms with van der Waals surface area (Å²) in [5.41, 5.74) is 3.04. The van der Waals surface area contributed by atoms with Crippen molar-refractivity contribution in [1.82, 2.24) is 9.97 Å². The van der Waals surface area contributed by atoms with E-state index >= 15 is 0 Å². The van der Waals surface area contributed by atoms with Gasteiger partial charge >= 0.3 is 0 Å². The molecule has 0 atom stereocenters. The molecular weight excluding hydrogens is 288 g/mol. The highest BCUT2D eigenvalue weighted by Crippen LogP contribution is 2.27. The quantitative estimate of drug-likeness (QED) is 0.736. The Hall–Kier alpha value is -3.08. The van der Waals surface area contributed by atoms with Crippen LogP contribution in [0.4, 0.5) is 23.0 Å². The third-order valence-corrected chi connectivity index (χ3v) is 3.33. The van der Waals surface area contributed by atoms with Crippen LogP contribution in [0.2, 0.25) is 0 Å². The number of anilines is 4. The maximum Gasteiger partial charge on any atom is 0.142 e. The van der Waals surface area contributed by atoms with Gasteiger partial charge in [-0.3, -0.25) is 0 Å². The molecule has 0 spiro atoms. The molecular formula is C18H18N4O. The first-order chi connectivity index (χ1) is 11.2. The highest BCUT2D eigenvalue weighted by Gasteiger charge is 2.04. The van der Waals surface area contributed by atoms with Crippen LogP contribution in [0, 0.1) is 6.92 Å². The summed E-state index contributed by atoms with van der Waals surface area (Å²) in [5, 5.41) is 6.52. The van der Waals surface area contributed by atoms with Gasteiger partial charge in [-0.15, -0.1) is 0 Å². The maximum absolute atomic E-state index is 5.34. The Morgan fingerprint density at radius 3 is 2.43 bits per heavy atom. The normalized spacial score (nSPS) is 10.2. The number of methoxy groups -OCH3 is 1. The van der Waals surface area contributed by atoms with Crippen molar-refractivity contribution < 1.29 is 4.74 Å². The van der Waals surface area contributed by atoms with Gasteiger partial charge in [0.25, 0.3) is 0 Å². The molecule has 2 aromatic carbocycles. The molecule has 0 fully saturated rings. The molecule has 0 saturated carbocycles. The lowest BCUT2D eigenvalue weighted by Gasteiger charge is -2.11. The third kappa shape index (κ3) is 3.77. The highest BCUT2D eigenvalue weighted by molar-refractivity contribution is 5.67. The molecule has 3 aromatic rings. The van der Waals surface area contributed by atoms with Crippen molar-refractivity contribution in [1.29, 1.82) is 0 Å². The molecule has 0 aliphatic heterocycles. The predicted octanol–water partition coefficient (Wildman–Crippen LogP) is 4.28.